The number of nitrogens with zero attached hydrogens (tertiary/aromatic N) is 2. The summed E-state index contributed by atoms with van der Waals surface area (Å²) in [5.41, 5.74) is 3.14. The lowest BCUT2D eigenvalue weighted by Crippen LogP contribution is -2.40. The highest BCUT2D eigenvalue weighted by Gasteiger charge is 2.30. The highest BCUT2D eigenvalue weighted by molar-refractivity contribution is 5.79. The van der Waals surface area contributed by atoms with Crippen molar-refractivity contribution in [1.82, 2.24) is 14.5 Å². The monoisotopic (exact) mass is 425 g/mol. The van der Waals surface area contributed by atoms with Crippen molar-refractivity contribution in [3.05, 3.63) is 116 Å². The van der Waals surface area contributed by atoms with Gasteiger partial charge in [0.15, 0.2) is 0 Å². The molecular weight excluding hydrogens is 402 g/mol. The molecule has 0 saturated carbocycles. The van der Waals surface area contributed by atoms with E-state index in [2.05, 4.69) is 29.2 Å². The maximum absolute atomic E-state index is 13.4. The van der Waals surface area contributed by atoms with E-state index in [0.29, 0.717) is 17.4 Å². The number of fused-ring (bicyclic) bond motifs is 2. The molecule has 0 saturated heterocycles. The minimum Gasteiger partial charge on any atom is -0.331 e. The zero-order valence-corrected chi connectivity index (χ0v) is 17.5. The van der Waals surface area contributed by atoms with Crippen molar-refractivity contribution >= 4 is 16.8 Å². The van der Waals surface area contributed by atoms with E-state index >= 15 is 0 Å². The lowest BCUT2D eigenvalue weighted by Gasteiger charge is -2.37. The number of aromatic amines is 1. The summed E-state index contributed by atoms with van der Waals surface area (Å²) < 4.78 is 1.48. The van der Waals surface area contributed by atoms with E-state index in [1.807, 2.05) is 35.2 Å². The number of para-hydroxylation sites is 1. The van der Waals surface area contributed by atoms with Crippen molar-refractivity contribution in [3.63, 3.8) is 0 Å². The fraction of sp³-hybridized carbons (Fsp3) is 0.192. The molecule has 2 heterocycles. The molecule has 1 aliphatic heterocycles. The third kappa shape index (κ3) is 3.64. The molecule has 1 amide bonds. The molecule has 160 valence electrons. The Balaban J connectivity index is 1.45. The summed E-state index contributed by atoms with van der Waals surface area (Å²) in [4.78, 5) is 42.3. The SMILES string of the molecule is O=C(CCn1c(=O)[nH]c(=O)c2ccccc21)N1Cc2ccccc2CC1c1ccccc1. The molecule has 1 N–H and O–H groups in total. The first-order chi connectivity index (χ1) is 15.6. The summed E-state index contributed by atoms with van der Waals surface area (Å²) in [5, 5.41) is 0.439. The van der Waals surface area contributed by atoms with E-state index in [9.17, 15) is 14.4 Å². The lowest BCUT2D eigenvalue weighted by molar-refractivity contribution is -0.135. The summed E-state index contributed by atoms with van der Waals surface area (Å²) in [5.74, 6) is -0.0180. The summed E-state index contributed by atoms with van der Waals surface area (Å²) in [6.45, 7) is 0.741. The van der Waals surface area contributed by atoms with Crippen molar-refractivity contribution in [1.29, 1.82) is 0 Å². The Hall–Kier alpha value is -3.93. The average Bonchev–Trinajstić information content (AvgIpc) is 2.83. The highest BCUT2D eigenvalue weighted by Crippen LogP contribution is 2.33. The van der Waals surface area contributed by atoms with Gasteiger partial charge in [-0.05, 0) is 35.2 Å². The topological polar surface area (TPSA) is 75.2 Å². The van der Waals surface area contributed by atoms with Gasteiger partial charge in [-0.15, -0.1) is 0 Å². The van der Waals surface area contributed by atoms with Crippen molar-refractivity contribution < 1.29 is 4.79 Å². The quantitative estimate of drug-likeness (QED) is 0.545. The molecule has 0 radical (unpaired) electrons. The Morgan fingerprint density at radius 1 is 0.875 bits per heavy atom. The molecule has 32 heavy (non-hydrogen) atoms. The number of aryl methyl sites for hydroxylation is 1. The minimum atomic E-state index is -0.495. The molecule has 0 bridgehead atoms. The van der Waals surface area contributed by atoms with Crippen molar-refractivity contribution in [2.75, 3.05) is 0 Å². The van der Waals surface area contributed by atoms with Gasteiger partial charge in [-0.25, -0.2) is 4.79 Å². The third-order valence-corrected chi connectivity index (χ3v) is 6.21. The first kappa shape index (κ1) is 20.0. The van der Waals surface area contributed by atoms with Crippen molar-refractivity contribution in [2.24, 2.45) is 0 Å². The van der Waals surface area contributed by atoms with Gasteiger partial charge in [0.2, 0.25) is 5.91 Å². The number of carbonyl (C=O) groups is 1. The van der Waals surface area contributed by atoms with E-state index < -0.39 is 11.2 Å². The maximum Gasteiger partial charge on any atom is 0.328 e. The predicted molar refractivity (Wildman–Crippen MR) is 123 cm³/mol. The van der Waals surface area contributed by atoms with Gasteiger partial charge in [0, 0.05) is 19.5 Å². The number of nitrogens with one attached hydrogen (secondary N) is 1. The average molecular weight is 425 g/mol. The van der Waals surface area contributed by atoms with Crippen LogP contribution < -0.4 is 11.2 Å². The molecule has 3 aromatic carbocycles. The zero-order chi connectivity index (χ0) is 22.1. The number of aromatic nitrogens is 2. The van der Waals surface area contributed by atoms with Gasteiger partial charge in [0.25, 0.3) is 5.56 Å². The van der Waals surface area contributed by atoms with Crippen LogP contribution in [-0.4, -0.2) is 20.4 Å². The maximum atomic E-state index is 13.4. The van der Waals surface area contributed by atoms with Gasteiger partial charge < -0.3 is 4.90 Å². The molecular formula is C26H23N3O3. The molecule has 1 aliphatic rings. The molecule has 4 aromatic rings. The molecule has 0 aliphatic carbocycles. The molecule has 1 aromatic heterocycles. The fourth-order valence-corrected chi connectivity index (χ4v) is 4.57. The highest BCUT2D eigenvalue weighted by atomic mass is 16.2. The van der Waals surface area contributed by atoms with Gasteiger partial charge in [0.1, 0.15) is 0 Å². The number of rotatable bonds is 4. The number of amides is 1. The number of hydrogen-bond donors (Lipinski definition) is 1. The van der Waals surface area contributed by atoms with E-state index in [-0.39, 0.29) is 24.9 Å². The standard InChI is InChI=1S/C26H23N3O3/c30-24(14-15-28-22-13-7-6-12-21(22)25(31)27-26(28)32)29-17-20-11-5-4-10-19(20)16-23(29)18-8-2-1-3-9-18/h1-13,23H,14-17H2,(H,27,31,32). The second kappa shape index (κ2) is 8.30. The predicted octanol–water partition coefficient (Wildman–Crippen LogP) is 3.41. The number of H-pyrrole nitrogens is 1. The summed E-state index contributed by atoms with van der Waals surface area (Å²) in [7, 11) is 0. The number of hydrogen-bond acceptors (Lipinski definition) is 3. The Morgan fingerprint density at radius 3 is 2.38 bits per heavy atom. The second-order valence-corrected chi connectivity index (χ2v) is 8.10. The molecule has 5 rings (SSSR count). The van der Waals surface area contributed by atoms with Crippen LogP contribution in [0.1, 0.15) is 29.2 Å². The van der Waals surface area contributed by atoms with Gasteiger partial charge in [-0.2, -0.15) is 0 Å². The Kier molecular flexibility index (Phi) is 5.19. The van der Waals surface area contributed by atoms with Crippen molar-refractivity contribution in [3.8, 4) is 0 Å². The van der Waals surface area contributed by atoms with Crippen LogP contribution >= 0.6 is 0 Å². The van der Waals surface area contributed by atoms with Crippen LogP contribution in [0.25, 0.3) is 10.9 Å². The van der Waals surface area contributed by atoms with Crippen LogP contribution in [0.5, 0.6) is 0 Å². The van der Waals surface area contributed by atoms with E-state index in [0.717, 1.165) is 17.5 Å². The van der Waals surface area contributed by atoms with Crippen LogP contribution in [0.15, 0.2) is 88.5 Å². The second-order valence-electron chi connectivity index (χ2n) is 8.10. The number of carbonyl (C=O) groups excluding carboxylic acids is 1. The molecule has 1 atom stereocenters. The number of benzene rings is 3. The van der Waals surface area contributed by atoms with Crippen LogP contribution in [0, 0.1) is 0 Å². The first-order valence-electron chi connectivity index (χ1n) is 10.7. The summed E-state index contributed by atoms with van der Waals surface area (Å²) in [6.07, 6.45) is 0.926. The molecule has 6 nitrogen and oxygen atoms in total. The lowest BCUT2D eigenvalue weighted by atomic mass is 9.89. The normalized spacial score (nSPS) is 15.5. The minimum absolute atomic E-state index is 0.0180. The van der Waals surface area contributed by atoms with Crippen LogP contribution in [-0.2, 0) is 24.3 Å². The Labute approximate surface area is 184 Å². The first-order valence-corrected chi connectivity index (χ1v) is 10.7. The smallest absolute Gasteiger partial charge is 0.328 e. The largest absolute Gasteiger partial charge is 0.331 e. The molecule has 6 heteroatoms. The van der Waals surface area contributed by atoms with Gasteiger partial charge in [-0.3, -0.25) is 19.1 Å². The molecule has 1 unspecified atom stereocenters. The van der Waals surface area contributed by atoms with Crippen LogP contribution in [0.3, 0.4) is 0 Å². The zero-order valence-electron chi connectivity index (χ0n) is 17.5. The summed E-state index contributed by atoms with van der Waals surface area (Å²) in [6, 6.07) is 25.2. The van der Waals surface area contributed by atoms with Gasteiger partial charge in [0.05, 0.1) is 16.9 Å². The van der Waals surface area contributed by atoms with Gasteiger partial charge in [-0.1, -0.05) is 66.7 Å². The fourth-order valence-electron chi connectivity index (χ4n) is 4.57. The van der Waals surface area contributed by atoms with Crippen LogP contribution in [0.2, 0.25) is 0 Å². The van der Waals surface area contributed by atoms with E-state index in [1.165, 1.54) is 10.1 Å². The Morgan fingerprint density at radius 2 is 1.56 bits per heavy atom. The van der Waals surface area contributed by atoms with Crippen molar-refractivity contribution in [2.45, 2.75) is 32.0 Å². The van der Waals surface area contributed by atoms with E-state index in [4.69, 9.17) is 0 Å². The van der Waals surface area contributed by atoms with E-state index in [1.54, 1.807) is 24.3 Å². The Bertz CT molecular complexity index is 1410. The molecule has 0 spiro atoms. The third-order valence-electron chi connectivity index (χ3n) is 6.21. The molecule has 0 fully saturated rings. The summed E-state index contributed by atoms with van der Waals surface area (Å²) >= 11 is 0. The van der Waals surface area contributed by atoms with Gasteiger partial charge >= 0.3 is 5.69 Å². The van der Waals surface area contributed by atoms with Crippen LogP contribution in [0.4, 0.5) is 0 Å².